The Labute approximate surface area is 249 Å². The molecule has 43 heavy (non-hydrogen) atoms. The van der Waals surface area contributed by atoms with Crippen molar-refractivity contribution in [3.8, 4) is 22.6 Å². The average Bonchev–Trinajstić information content (AvgIpc) is 3.01. The van der Waals surface area contributed by atoms with Crippen LogP contribution in [-0.2, 0) is 17.6 Å². The van der Waals surface area contributed by atoms with Crippen LogP contribution in [0.5, 0.6) is 11.5 Å². The molecule has 1 fully saturated rings. The summed E-state index contributed by atoms with van der Waals surface area (Å²) in [6.07, 6.45) is 6.05. The van der Waals surface area contributed by atoms with Crippen LogP contribution in [-0.4, -0.2) is 25.4 Å². The third-order valence-electron chi connectivity index (χ3n) is 9.13. The van der Waals surface area contributed by atoms with E-state index in [1.165, 1.54) is 18.1 Å². The van der Waals surface area contributed by atoms with Gasteiger partial charge in [0.15, 0.2) is 23.1 Å². The zero-order valence-electron chi connectivity index (χ0n) is 24.9. The molecule has 2 aromatic carbocycles. The van der Waals surface area contributed by atoms with Gasteiger partial charge in [-0.1, -0.05) is 32.8 Å². The number of halogens is 6. The van der Waals surface area contributed by atoms with E-state index in [0.717, 1.165) is 31.7 Å². The minimum Gasteiger partial charge on any atom is -0.490 e. The van der Waals surface area contributed by atoms with Gasteiger partial charge in [-0.25, -0.2) is 8.78 Å². The van der Waals surface area contributed by atoms with Crippen molar-refractivity contribution in [1.29, 1.82) is 0 Å². The molecule has 1 atom stereocenters. The molecule has 0 spiro atoms. The zero-order valence-corrected chi connectivity index (χ0v) is 24.9. The van der Waals surface area contributed by atoms with Gasteiger partial charge in [0, 0.05) is 11.1 Å². The normalized spacial score (nSPS) is 22.0. The van der Waals surface area contributed by atoms with Crippen LogP contribution in [0.15, 0.2) is 23.8 Å². The Morgan fingerprint density at radius 2 is 1.44 bits per heavy atom. The third kappa shape index (κ3) is 6.71. The van der Waals surface area contributed by atoms with Crippen molar-refractivity contribution in [2.24, 2.45) is 11.8 Å². The fourth-order valence-corrected chi connectivity index (χ4v) is 6.69. The van der Waals surface area contributed by atoms with E-state index >= 15 is 22.0 Å². The van der Waals surface area contributed by atoms with Crippen LogP contribution in [0.4, 0.5) is 26.3 Å². The lowest BCUT2D eigenvalue weighted by Crippen LogP contribution is -2.39. The molecule has 5 rings (SSSR count). The van der Waals surface area contributed by atoms with Crippen LogP contribution in [0.3, 0.4) is 0 Å². The lowest BCUT2D eigenvalue weighted by molar-refractivity contribution is -0.226. The summed E-state index contributed by atoms with van der Waals surface area (Å²) in [6, 6.07) is 2.29. The first-order valence-electron chi connectivity index (χ1n) is 15.7. The van der Waals surface area contributed by atoms with Gasteiger partial charge in [0.1, 0.15) is 0 Å². The van der Waals surface area contributed by atoms with E-state index < -0.39 is 52.2 Å². The third-order valence-corrected chi connectivity index (χ3v) is 9.13. The molecule has 0 saturated heterocycles. The minimum absolute atomic E-state index is 0.00000141. The van der Waals surface area contributed by atoms with Crippen molar-refractivity contribution in [3.63, 3.8) is 0 Å². The standard InChI is InChI=1S/C34H40F6O3/c1-3-5-6-7-20-8-15-25(42-19-20)21-11-13-24(14-12-21)34(39,40)43-27-18-23-10-9-22-17-26(41-16-4-2)30(35)32(37)28(22)29(23)33(38)31(27)36/h8,17-18,21,24-25H,3-7,9-16,19H2,1-2H3. The summed E-state index contributed by atoms with van der Waals surface area (Å²) in [5.74, 6) is -8.08. The van der Waals surface area contributed by atoms with Crippen molar-refractivity contribution < 1.29 is 40.6 Å². The second-order valence-electron chi connectivity index (χ2n) is 12.1. The number of ether oxygens (including phenoxy) is 3. The van der Waals surface area contributed by atoms with E-state index in [1.54, 1.807) is 0 Å². The summed E-state index contributed by atoms with van der Waals surface area (Å²) in [6.45, 7) is 4.73. The number of hydrogen-bond acceptors (Lipinski definition) is 3. The predicted molar refractivity (Wildman–Crippen MR) is 153 cm³/mol. The van der Waals surface area contributed by atoms with E-state index in [-0.39, 0.29) is 61.2 Å². The molecule has 1 saturated carbocycles. The number of aryl methyl sites for hydroxylation is 2. The topological polar surface area (TPSA) is 27.7 Å². The van der Waals surface area contributed by atoms with Crippen molar-refractivity contribution in [1.82, 2.24) is 0 Å². The van der Waals surface area contributed by atoms with E-state index in [4.69, 9.17) is 14.2 Å². The van der Waals surface area contributed by atoms with E-state index in [0.29, 0.717) is 25.9 Å². The summed E-state index contributed by atoms with van der Waals surface area (Å²) in [5, 5.41) is 0. The zero-order chi connectivity index (χ0) is 30.7. The molecule has 0 radical (unpaired) electrons. The van der Waals surface area contributed by atoms with Crippen LogP contribution in [0.2, 0.25) is 0 Å². The Morgan fingerprint density at radius 3 is 2.02 bits per heavy atom. The van der Waals surface area contributed by atoms with Crippen LogP contribution < -0.4 is 9.47 Å². The van der Waals surface area contributed by atoms with Gasteiger partial charge in [0.2, 0.25) is 11.6 Å². The SMILES string of the molecule is CCCCCC1=CCC(C2CCC(C(F)(F)Oc3cc4c(c(F)c3F)-c3c(cc(OCCC)c(F)c3F)CC4)CC2)OC1. The molecule has 0 amide bonds. The molecular weight excluding hydrogens is 570 g/mol. The predicted octanol–water partition coefficient (Wildman–Crippen LogP) is 9.87. The van der Waals surface area contributed by atoms with E-state index in [1.807, 2.05) is 6.92 Å². The molecule has 2 aromatic rings. The van der Waals surface area contributed by atoms with Crippen molar-refractivity contribution in [3.05, 3.63) is 58.2 Å². The number of fused-ring (bicyclic) bond motifs is 3. The van der Waals surface area contributed by atoms with Gasteiger partial charge >= 0.3 is 6.11 Å². The smallest absolute Gasteiger partial charge is 0.400 e. The summed E-state index contributed by atoms with van der Waals surface area (Å²) >= 11 is 0. The minimum atomic E-state index is -3.73. The van der Waals surface area contributed by atoms with Gasteiger partial charge in [-0.2, -0.15) is 17.6 Å². The largest absolute Gasteiger partial charge is 0.490 e. The maximum atomic E-state index is 15.4. The Balaban J connectivity index is 1.26. The lowest BCUT2D eigenvalue weighted by atomic mass is 9.77. The highest BCUT2D eigenvalue weighted by Crippen LogP contribution is 2.46. The highest BCUT2D eigenvalue weighted by molar-refractivity contribution is 5.76. The second kappa shape index (κ2) is 13.5. The summed E-state index contributed by atoms with van der Waals surface area (Å²) in [4.78, 5) is 0. The molecule has 1 heterocycles. The van der Waals surface area contributed by atoms with Crippen LogP contribution in [0.25, 0.3) is 11.1 Å². The Morgan fingerprint density at radius 1 is 0.814 bits per heavy atom. The maximum Gasteiger partial charge on any atom is 0.400 e. The van der Waals surface area contributed by atoms with Crippen molar-refractivity contribution in [2.45, 2.75) is 103 Å². The highest BCUT2D eigenvalue weighted by Gasteiger charge is 2.46. The highest BCUT2D eigenvalue weighted by atomic mass is 19.3. The summed E-state index contributed by atoms with van der Waals surface area (Å²) in [7, 11) is 0. The van der Waals surface area contributed by atoms with E-state index in [2.05, 4.69) is 13.0 Å². The second-order valence-corrected chi connectivity index (χ2v) is 12.1. The fourth-order valence-electron chi connectivity index (χ4n) is 6.69. The lowest BCUT2D eigenvalue weighted by Gasteiger charge is -2.37. The van der Waals surface area contributed by atoms with Crippen LogP contribution in [0.1, 0.15) is 89.2 Å². The van der Waals surface area contributed by atoms with Crippen LogP contribution in [0, 0.1) is 35.1 Å². The first-order chi connectivity index (χ1) is 20.6. The van der Waals surface area contributed by atoms with Gasteiger partial charge in [-0.3, -0.25) is 0 Å². The van der Waals surface area contributed by atoms with Crippen LogP contribution >= 0.6 is 0 Å². The summed E-state index contributed by atoms with van der Waals surface area (Å²) < 4.78 is 107. The molecule has 1 unspecified atom stereocenters. The molecule has 2 aliphatic carbocycles. The molecule has 0 bridgehead atoms. The Hall–Kier alpha value is -2.68. The number of rotatable bonds is 11. The molecule has 3 nitrogen and oxygen atoms in total. The first-order valence-corrected chi connectivity index (χ1v) is 15.7. The van der Waals surface area contributed by atoms with Gasteiger partial charge in [0.25, 0.3) is 0 Å². The Kier molecular flexibility index (Phi) is 9.99. The number of benzene rings is 2. The number of unbranched alkanes of at least 4 members (excludes halogenated alkanes) is 2. The van der Waals surface area contributed by atoms with Gasteiger partial charge < -0.3 is 14.2 Å². The molecular formula is C34H40F6O3. The monoisotopic (exact) mass is 610 g/mol. The van der Waals surface area contributed by atoms with Crippen molar-refractivity contribution >= 4 is 0 Å². The van der Waals surface area contributed by atoms with Gasteiger partial charge in [0.05, 0.1) is 25.2 Å². The quantitative estimate of drug-likeness (QED) is 0.144. The molecule has 9 heteroatoms. The van der Waals surface area contributed by atoms with Crippen molar-refractivity contribution in [2.75, 3.05) is 13.2 Å². The Bertz CT molecular complexity index is 1330. The maximum absolute atomic E-state index is 15.4. The average molecular weight is 611 g/mol. The fraction of sp³-hybridized carbons (Fsp3) is 0.588. The number of hydrogen-bond donors (Lipinski definition) is 0. The molecule has 1 aliphatic heterocycles. The van der Waals surface area contributed by atoms with Gasteiger partial charge in [-0.15, -0.1) is 0 Å². The van der Waals surface area contributed by atoms with E-state index in [9.17, 15) is 4.39 Å². The van der Waals surface area contributed by atoms with Gasteiger partial charge in [-0.05, 0) is 99.0 Å². The molecule has 3 aliphatic rings. The molecule has 0 aromatic heterocycles. The molecule has 236 valence electrons. The molecule has 0 N–H and O–H groups in total. The summed E-state index contributed by atoms with van der Waals surface area (Å²) in [5.41, 5.74) is 0.765. The number of alkyl halides is 2. The first kappa shape index (κ1) is 31.7.